The molecule has 20 heavy (non-hydrogen) atoms. The molecule has 1 saturated carbocycles. The van der Waals surface area contributed by atoms with Gasteiger partial charge in [0.1, 0.15) is 0 Å². The third kappa shape index (κ3) is 4.97. The number of hydrogen-bond donors (Lipinski definition) is 0. The van der Waals surface area contributed by atoms with E-state index in [-0.39, 0.29) is 0 Å². The SMILES string of the molecule is FC(F)(F)CC=CC1CCC(c2ccc(Br)cc2)CC1. The van der Waals surface area contributed by atoms with Crippen LogP contribution >= 0.6 is 15.9 Å². The maximum atomic E-state index is 12.1. The largest absolute Gasteiger partial charge is 0.392 e. The minimum Gasteiger partial charge on any atom is -0.171 e. The summed E-state index contributed by atoms with van der Waals surface area (Å²) < 4.78 is 37.3. The molecule has 0 aliphatic heterocycles. The molecule has 0 saturated heterocycles. The average Bonchev–Trinajstić information content (AvgIpc) is 2.39. The quantitative estimate of drug-likeness (QED) is 0.569. The second-order valence-electron chi connectivity index (χ2n) is 5.41. The first-order valence-electron chi connectivity index (χ1n) is 6.93. The molecule has 0 radical (unpaired) electrons. The van der Waals surface area contributed by atoms with Crippen molar-refractivity contribution in [1.29, 1.82) is 0 Å². The van der Waals surface area contributed by atoms with E-state index in [4.69, 9.17) is 0 Å². The Bertz CT molecular complexity index is 440. The van der Waals surface area contributed by atoms with Crippen molar-refractivity contribution in [3.8, 4) is 0 Å². The van der Waals surface area contributed by atoms with Crippen LogP contribution in [0.15, 0.2) is 40.9 Å². The highest BCUT2D eigenvalue weighted by molar-refractivity contribution is 9.10. The van der Waals surface area contributed by atoms with Gasteiger partial charge in [-0.1, -0.05) is 40.2 Å². The fraction of sp³-hybridized carbons (Fsp3) is 0.500. The Kier molecular flexibility index (Phi) is 5.30. The highest BCUT2D eigenvalue weighted by Crippen LogP contribution is 2.36. The van der Waals surface area contributed by atoms with Gasteiger partial charge in [0.25, 0.3) is 0 Å². The molecule has 0 N–H and O–H groups in total. The molecule has 0 unspecified atom stereocenters. The van der Waals surface area contributed by atoms with Crippen LogP contribution in [-0.4, -0.2) is 6.18 Å². The lowest BCUT2D eigenvalue weighted by atomic mass is 9.78. The molecular weight excluding hydrogens is 329 g/mol. The summed E-state index contributed by atoms with van der Waals surface area (Å²) in [5.74, 6) is 0.861. The van der Waals surface area contributed by atoms with E-state index in [0.29, 0.717) is 11.8 Å². The van der Waals surface area contributed by atoms with Gasteiger partial charge < -0.3 is 0 Å². The Labute approximate surface area is 126 Å². The van der Waals surface area contributed by atoms with Crippen molar-refractivity contribution in [2.75, 3.05) is 0 Å². The Morgan fingerprint density at radius 2 is 1.65 bits per heavy atom. The van der Waals surface area contributed by atoms with Crippen LogP contribution in [0.25, 0.3) is 0 Å². The number of rotatable bonds is 3. The zero-order chi connectivity index (χ0) is 14.6. The number of allylic oxidation sites excluding steroid dienone is 2. The topological polar surface area (TPSA) is 0 Å². The Morgan fingerprint density at radius 1 is 1.05 bits per heavy atom. The molecule has 1 fully saturated rings. The summed E-state index contributed by atoms with van der Waals surface area (Å²) in [6.07, 6.45) is 2.23. The summed E-state index contributed by atoms with van der Waals surface area (Å²) in [4.78, 5) is 0. The van der Waals surface area contributed by atoms with Crippen LogP contribution in [0.3, 0.4) is 0 Å². The summed E-state index contributed by atoms with van der Waals surface area (Å²) in [6.45, 7) is 0. The zero-order valence-electron chi connectivity index (χ0n) is 11.2. The predicted octanol–water partition coefficient (Wildman–Crippen LogP) is 6.23. The number of alkyl halides is 3. The standard InChI is InChI=1S/C16H18BrF3/c17-15-9-7-14(8-10-15)13-5-3-12(4-6-13)2-1-11-16(18,19)20/h1-2,7-10,12-13H,3-6,11H2. The molecular formula is C16H18BrF3. The maximum absolute atomic E-state index is 12.1. The summed E-state index contributed by atoms with van der Waals surface area (Å²) >= 11 is 3.42. The molecule has 0 atom stereocenters. The van der Waals surface area contributed by atoms with Gasteiger partial charge in [-0.3, -0.25) is 0 Å². The first-order chi connectivity index (χ1) is 9.44. The smallest absolute Gasteiger partial charge is 0.171 e. The number of benzene rings is 1. The highest BCUT2D eigenvalue weighted by atomic mass is 79.9. The van der Waals surface area contributed by atoms with E-state index in [1.165, 1.54) is 11.6 Å². The van der Waals surface area contributed by atoms with Gasteiger partial charge in [-0.25, -0.2) is 0 Å². The van der Waals surface area contributed by atoms with Crippen molar-refractivity contribution in [3.63, 3.8) is 0 Å². The van der Waals surface area contributed by atoms with E-state index in [2.05, 4.69) is 28.1 Å². The van der Waals surface area contributed by atoms with Crippen LogP contribution in [0.1, 0.15) is 43.6 Å². The van der Waals surface area contributed by atoms with Gasteiger partial charge in [0.05, 0.1) is 6.42 Å². The monoisotopic (exact) mass is 346 g/mol. The van der Waals surface area contributed by atoms with Crippen LogP contribution in [0.4, 0.5) is 13.2 Å². The molecule has 1 aromatic rings. The minimum atomic E-state index is -4.08. The minimum absolute atomic E-state index is 0.309. The van der Waals surface area contributed by atoms with Crippen molar-refractivity contribution in [3.05, 3.63) is 46.5 Å². The van der Waals surface area contributed by atoms with Crippen LogP contribution in [0.2, 0.25) is 0 Å². The van der Waals surface area contributed by atoms with Crippen molar-refractivity contribution in [1.82, 2.24) is 0 Å². The summed E-state index contributed by atoms with van der Waals surface area (Å²) in [7, 11) is 0. The molecule has 1 aromatic carbocycles. The molecule has 0 nitrogen and oxygen atoms in total. The van der Waals surface area contributed by atoms with Crippen molar-refractivity contribution in [2.24, 2.45) is 5.92 Å². The van der Waals surface area contributed by atoms with Crippen LogP contribution in [-0.2, 0) is 0 Å². The lowest BCUT2D eigenvalue weighted by molar-refractivity contribution is -0.125. The summed E-state index contributed by atoms with van der Waals surface area (Å²) in [5.41, 5.74) is 1.34. The van der Waals surface area contributed by atoms with E-state index in [9.17, 15) is 13.2 Å². The fourth-order valence-corrected chi connectivity index (χ4v) is 3.04. The molecule has 0 bridgehead atoms. The van der Waals surface area contributed by atoms with Gasteiger partial charge in [-0.05, 0) is 55.2 Å². The van der Waals surface area contributed by atoms with Gasteiger partial charge in [0, 0.05) is 4.47 Å². The van der Waals surface area contributed by atoms with Crippen LogP contribution in [0, 0.1) is 5.92 Å². The van der Waals surface area contributed by atoms with Gasteiger partial charge in [0.15, 0.2) is 0 Å². The molecule has 0 heterocycles. The predicted molar refractivity (Wildman–Crippen MR) is 78.7 cm³/mol. The van der Waals surface area contributed by atoms with Crippen molar-refractivity contribution >= 4 is 15.9 Å². The van der Waals surface area contributed by atoms with Crippen molar-refractivity contribution < 1.29 is 13.2 Å². The third-order valence-corrected chi connectivity index (χ3v) is 4.40. The second-order valence-corrected chi connectivity index (χ2v) is 6.33. The maximum Gasteiger partial charge on any atom is 0.392 e. The molecule has 1 aliphatic rings. The first-order valence-corrected chi connectivity index (χ1v) is 7.72. The lowest BCUT2D eigenvalue weighted by Gasteiger charge is -2.27. The van der Waals surface area contributed by atoms with Crippen LogP contribution < -0.4 is 0 Å². The van der Waals surface area contributed by atoms with E-state index < -0.39 is 12.6 Å². The van der Waals surface area contributed by atoms with E-state index >= 15 is 0 Å². The van der Waals surface area contributed by atoms with E-state index in [1.807, 2.05) is 12.1 Å². The molecule has 2 rings (SSSR count). The third-order valence-electron chi connectivity index (χ3n) is 3.87. The molecule has 4 heteroatoms. The van der Waals surface area contributed by atoms with Gasteiger partial charge in [0.2, 0.25) is 0 Å². The number of halogens is 4. The summed E-state index contributed by atoms with van der Waals surface area (Å²) in [5, 5.41) is 0. The molecule has 1 aliphatic carbocycles. The normalized spacial score (nSPS) is 24.2. The fourth-order valence-electron chi connectivity index (χ4n) is 2.77. The number of hydrogen-bond acceptors (Lipinski definition) is 0. The lowest BCUT2D eigenvalue weighted by Crippen LogP contribution is -2.12. The Morgan fingerprint density at radius 3 is 2.20 bits per heavy atom. The summed E-state index contributed by atoms with van der Waals surface area (Å²) in [6, 6.07) is 8.36. The van der Waals surface area contributed by atoms with E-state index in [0.717, 1.165) is 30.2 Å². The van der Waals surface area contributed by atoms with Gasteiger partial charge in [-0.2, -0.15) is 13.2 Å². The Balaban J connectivity index is 1.82. The molecule has 0 amide bonds. The van der Waals surface area contributed by atoms with Gasteiger partial charge in [-0.15, -0.1) is 0 Å². The van der Waals surface area contributed by atoms with Crippen molar-refractivity contribution in [2.45, 2.75) is 44.2 Å². The molecule has 0 spiro atoms. The molecule has 110 valence electrons. The van der Waals surface area contributed by atoms with Crippen LogP contribution in [0.5, 0.6) is 0 Å². The Hall–Kier alpha value is -0.770. The van der Waals surface area contributed by atoms with E-state index in [1.54, 1.807) is 6.08 Å². The molecule has 0 aromatic heterocycles. The zero-order valence-corrected chi connectivity index (χ0v) is 12.8. The average molecular weight is 347 g/mol. The second kappa shape index (κ2) is 6.79. The first kappa shape index (κ1) is 15.6. The van der Waals surface area contributed by atoms with Gasteiger partial charge >= 0.3 is 6.18 Å². The highest BCUT2D eigenvalue weighted by Gasteiger charge is 2.25.